The molecule has 0 aromatic rings. The fourth-order valence-electron chi connectivity index (χ4n) is 3.06. The molecule has 158 valence electrons. The third-order valence-corrected chi connectivity index (χ3v) is 10.2. The van der Waals surface area contributed by atoms with Crippen molar-refractivity contribution in [2.24, 2.45) is 0 Å². The van der Waals surface area contributed by atoms with Crippen LogP contribution in [0.4, 0.5) is 0 Å². The maximum Gasteiger partial charge on any atom is 0.344 e. The van der Waals surface area contributed by atoms with Crippen LogP contribution in [0.25, 0.3) is 0 Å². The van der Waals surface area contributed by atoms with Gasteiger partial charge in [-0.15, -0.1) is 33.2 Å². The molecule has 1 atom stereocenters. The second kappa shape index (κ2) is 16.7. The molecule has 0 aliphatic rings. The van der Waals surface area contributed by atoms with E-state index in [0.29, 0.717) is 6.42 Å². The van der Waals surface area contributed by atoms with Crippen LogP contribution in [-0.2, 0) is 0 Å². The first kappa shape index (κ1) is 28.0. The smallest absolute Gasteiger partial charge is 0.126 e. The highest BCUT2D eigenvalue weighted by atomic mass is 35.8. The second-order valence-electron chi connectivity index (χ2n) is 7.55. The molecule has 1 unspecified atom stereocenters. The summed E-state index contributed by atoms with van der Waals surface area (Å²) in [5.41, 5.74) is 0.280. The highest BCUT2D eigenvalue weighted by Gasteiger charge is 2.32. The van der Waals surface area contributed by atoms with Gasteiger partial charge in [0.15, 0.2) is 3.79 Å². The van der Waals surface area contributed by atoms with Crippen LogP contribution >= 0.6 is 68.0 Å². The minimum atomic E-state index is -2.47. The Bertz CT molecular complexity index is 314. The lowest BCUT2D eigenvalue weighted by molar-refractivity contribution is 0.527. The van der Waals surface area contributed by atoms with Gasteiger partial charge in [0.05, 0.1) is 0 Å². The molecule has 0 saturated carbocycles. The zero-order valence-corrected chi connectivity index (χ0v) is 21.7. The van der Waals surface area contributed by atoms with Gasteiger partial charge in [0.2, 0.25) is 0 Å². The molecule has 0 heterocycles. The van der Waals surface area contributed by atoms with Crippen LogP contribution in [0.1, 0.15) is 110 Å². The molecule has 0 aromatic heterocycles. The predicted molar refractivity (Wildman–Crippen MR) is 127 cm³/mol. The molecule has 0 aliphatic carbocycles. The maximum atomic E-state index is 6.02. The molecule has 0 fully saturated rings. The minimum Gasteiger partial charge on any atom is -0.126 e. The van der Waals surface area contributed by atoms with Crippen molar-refractivity contribution in [1.82, 2.24) is 0 Å². The van der Waals surface area contributed by atoms with E-state index in [1.165, 1.54) is 83.5 Å². The Morgan fingerprint density at radius 3 is 1.19 bits per heavy atom. The molecule has 0 amide bonds. The van der Waals surface area contributed by atoms with Crippen molar-refractivity contribution in [3.8, 4) is 0 Å². The molecular weight excluding hydrogens is 469 g/mol. The van der Waals surface area contributed by atoms with Gasteiger partial charge >= 0.3 is 6.00 Å². The van der Waals surface area contributed by atoms with E-state index in [1.54, 1.807) is 0 Å². The fraction of sp³-hybridized carbons (Fsp3) is 1.00. The number of alkyl halides is 3. The lowest BCUT2D eigenvalue weighted by Crippen LogP contribution is -2.16. The van der Waals surface area contributed by atoms with E-state index in [9.17, 15) is 0 Å². The third-order valence-electron chi connectivity index (χ3n) is 4.91. The zero-order valence-electron chi connectivity index (χ0n) is 16.2. The van der Waals surface area contributed by atoms with Gasteiger partial charge in [-0.1, -0.05) is 125 Å². The van der Waals surface area contributed by atoms with E-state index in [-0.39, 0.29) is 5.54 Å². The maximum absolute atomic E-state index is 6.02. The Labute approximate surface area is 192 Å². The van der Waals surface area contributed by atoms with Crippen molar-refractivity contribution in [3.63, 3.8) is 0 Å². The number of unbranched alkanes of at least 4 members (excludes halogenated alkanes) is 13. The molecule has 0 bridgehead atoms. The summed E-state index contributed by atoms with van der Waals surface area (Å²) < 4.78 is -1.07. The lowest BCUT2D eigenvalue weighted by Gasteiger charge is -2.16. The summed E-state index contributed by atoms with van der Waals surface area (Å²) in [4.78, 5) is 0. The van der Waals surface area contributed by atoms with Crippen molar-refractivity contribution < 1.29 is 0 Å². The largest absolute Gasteiger partial charge is 0.344 e. The van der Waals surface area contributed by atoms with E-state index < -0.39 is 9.80 Å². The lowest BCUT2D eigenvalue weighted by atomic mass is 10.0. The SMILES string of the molecule is CC(CCCCCCCCCCCCCCCCC(Cl)(Cl)Cl)[Si](Cl)(Cl)Cl. The highest BCUT2D eigenvalue weighted by molar-refractivity contribution is 7.65. The average molecular weight is 505 g/mol. The normalized spacial score (nSPS) is 14.0. The number of hydrogen-bond donors (Lipinski definition) is 0. The van der Waals surface area contributed by atoms with E-state index in [0.717, 1.165) is 12.8 Å². The first-order valence-corrected chi connectivity index (χ1v) is 16.5. The van der Waals surface area contributed by atoms with E-state index in [2.05, 4.69) is 6.92 Å². The molecule has 26 heavy (non-hydrogen) atoms. The van der Waals surface area contributed by atoms with Crippen molar-refractivity contribution in [1.29, 1.82) is 0 Å². The predicted octanol–water partition coefficient (Wildman–Crippen LogP) is 10.6. The Kier molecular flexibility index (Phi) is 18.0. The van der Waals surface area contributed by atoms with Gasteiger partial charge in [0, 0.05) is 0 Å². The standard InChI is InChI=1S/C19H36Cl6Si/c1-18(26(23,24)25)16-14-12-10-8-6-4-2-3-5-7-9-11-13-15-17-19(20,21)22/h18H,2-17H2,1H3. The molecule has 0 saturated heterocycles. The average Bonchev–Trinajstić information content (AvgIpc) is 2.52. The summed E-state index contributed by atoms with van der Waals surface area (Å²) in [6.45, 7) is 2.07. The van der Waals surface area contributed by atoms with Crippen LogP contribution in [0.5, 0.6) is 0 Å². The van der Waals surface area contributed by atoms with Crippen LogP contribution in [0, 0.1) is 0 Å². The Morgan fingerprint density at radius 1 is 0.577 bits per heavy atom. The van der Waals surface area contributed by atoms with Crippen LogP contribution in [0.3, 0.4) is 0 Å². The second-order valence-corrected chi connectivity index (χ2v) is 19.2. The Morgan fingerprint density at radius 2 is 0.885 bits per heavy atom. The molecule has 0 aromatic carbocycles. The van der Waals surface area contributed by atoms with Crippen molar-refractivity contribution in [3.05, 3.63) is 0 Å². The van der Waals surface area contributed by atoms with E-state index >= 15 is 0 Å². The topological polar surface area (TPSA) is 0 Å². The minimum absolute atomic E-state index is 0.280. The van der Waals surface area contributed by atoms with Crippen LogP contribution in [-0.4, -0.2) is 9.80 Å². The van der Waals surface area contributed by atoms with E-state index in [4.69, 9.17) is 68.0 Å². The number of rotatable bonds is 17. The molecule has 0 aliphatic heterocycles. The summed E-state index contributed by atoms with van der Waals surface area (Å²) in [6, 6.07) is -2.47. The van der Waals surface area contributed by atoms with Gasteiger partial charge in [-0.25, -0.2) is 0 Å². The summed E-state index contributed by atoms with van der Waals surface area (Å²) in [6.07, 6.45) is 19.9. The van der Waals surface area contributed by atoms with Crippen molar-refractivity contribution in [2.75, 3.05) is 0 Å². The number of hydrogen-bond acceptors (Lipinski definition) is 0. The molecule has 0 radical (unpaired) electrons. The van der Waals surface area contributed by atoms with Gasteiger partial charge in [0.1, 0.15) is 0 Å². The quantitative estimate of drug-likeness (QED) is 0.0799. The van der Waals surface area contributed by atoms with Gasteiger partial charge in [-0.3, -0.25) is 0 Å². The first-order valence-electron chi connectivity index (χ1n) is 10.3. The van der Waals surface area contributed by atoms with Gasteiger partial charge in [-0.2, -0.15) is 0 Å². The van der Waals surface area contributed by atoms with Crippen molar-refractivity contribution in [2.45, 2.75) is 119 Å². The summed E-state index contributed by atoms with van der Waals surface area (Å²) in [5, 5.41) is 0. The Balaban J connectivity index is 3.16. The third kappa shape index (κ3) is 20.7. The molecule has 0 spiro atoms. The number of halogens is 6. The molecule has 0 N–H and O–H groups in total. The highest BCUT2D eigenvalue weighted by Crippen LogP contribution is 2.37. The Hall–Kier alpha value is 1.96. The molecule has 0 nitrogen and oxygen atoms in total. The van der Waals surface area contributed by atoms with Crippen LogP contribution < -0.4 is 0 Å². The van der Waals surface area contributed by atoms with Crippen LogP contribution in [0.15, 0.2) is 0 Å². The molecular formula is C19H36Cl6Si. The van der Waals surface area contributed by atoms with Gasteiger partial charge in [0.25, 0.3) is 0 Å². The fourth-order valence-corrected chi connectivity index (χ4v) is 4.98. The van der Waals surface area contributed by atoms with Gasteiger partial charge < -0.3 is 0 Å². The molecule has 0 rings (SSSR count). The first-order chi connectivity index (χ1) is 12.1. The molecule has 7 heteroatoms. The van der Waals surface area contributed by atoms with Crippen molar-refractivity contribution >= 4 is 74.0 Å². The summed E-state index contributed by atoms with van der Waals surface area (Å²) in [5.74, 6) is 0. The summed E-state index contributed by atoms with van der Waals surface area (Å²) >= 11 is 35.3. The zero-order chi connectivity index (χ0) is 19.9. The van der Waals surface area contributed by atoms with Crippen LogP contribution in [0.2, 0.25) is 5.54 Å². The van der Waals surface area contributed by atoms with E-state index in [1.807, 2.05) is 0 Å². The monoisotopic (exact) mass is 502 g/mol. The van der Waals surface area contributed by atoms with Gasteiger partial charge in [-0.05, 0) is 24.8 Å². The summed E-state index contributed by atoms with van der Waals surface area (Å²) in [7, 11) is 0.